The fourth-order valence-corrected chi connectivity index (χ4v) is 2.91. The number of fused-ring (bicyclic) bond motifs is 1. The van der Waals surface area contributed by atoms with Gasteiger partial charge in [0.1, 0.15) is 0 Å². The summed E-state index contributed by atoms with van der Waals surface area (Å²) < 4.78 is 8.43. The number of halogens is 1. The summed E-state index contributed by atoms with van der Waals surface area (Å²) in [7, 11) is 0. The number of rotatable bonds is 5. The van der Waals surface area contributed by atoms with Crippen molar-refractivity contribution in [3.05, 3.63) is 70.3 Å². The largest absolute Gasteiger partial charge is 0.462 e. The molecule has 0 unspecified atom stereocenters. The Bertz CT molecular complexity index is 821. The van der Waals surface area contributed by atoms with Crippen LogP contribution in [0.3, 0.4) is 0 Å². The van der Waals surface area contributed by atoms with E-state index in [9.17, 15) is 4.79 Å². The van der Waals surface area contributed by atoms with Crippen molar-refractivity contribution >= 4 is 32.8 Å². The minimum Gasteiger partial charge on any atom is -0.462 e. The van der Waals surface area contributed by atoms with Crippen molar-refractivity contribution in [1.29, 1.82) is 0 Å². The summed E-state index contributed by atoms with van der Waals surface area (Å²) in [6.07, 6.45) is 2.92. The summed E-state index contributed by atoms with van der Waals surface area (Å²) in [6.45, 7) is 3.22. The lowest BCUT2D eigenvalue weighted by Gasteiger charge is -2.07. The van der Waals surface area contributed by atoms with E-state index < -0.39 is 0 Å². The van der Waals surface area contributed by atoms with Gasteiger partial charge in [-0.05, 0) is 48.4 Å². The van der Waals surface area contributed by atoms with Gasteiger partial charge in [-0.2, -0.15) is 0 Å². The molecule has 0 aliphatic rings. The molecule has 23 heavy (non-hydrogen) atoms. The molecular weight excluding hydrogens is 354 g/mol. The summed E-state index contributed by atoms with van der Waals surface area (Å²) in [4.78, 5) is 11.8. The van der Waals surface area contributed by atoms with Crippen molar-refractivity contribution in [2.24, 2.45) is 0 Å². The molecule has 0 spiro atoms. The van der Waals surface area contributed by atoms with Crippen LogP contribution in [-0.4, -0.2) is 17.1 Å². The van der Waals surface area contributed by atoms with Gasteiger partial charge >= 0.3 is 5.97 Å². The van der Waals surface area contributed by atoms with Gasteiger partial charge in [-0.3, -0.25) is 0 Å². The van der Waals surface area contributed by atoms with Gasteiger partial charge in [-0.15, -0.1) is 0 Å². The molecule has 3 rings (SSSR count). The van der Waals surface area contributed by atoms with E-state index in [0.717, 1.165) is 23.0 Å². The Kier molecular flexibility index (Phi) is 4.82. The maximum atomic E-state index is 11.8. The zero-order valence-corrected chi connectivity index (χ0v) is 14.5. The van der Waals surface area contributed by atoms with Gasteiger partial charge in [0.05, 0.1) is 12.2 Å². The van der Waals surface area contributed by atoms with E-state index in [1.54, 1.807) is 0 Å². The van der Waals surface area contributed by atoms with E-state index in [2.05, 4.69) is 44.9 Å². The van der Waals surface area contributed by atoms with E-state index in [-0.39, 0.29) is 5.97 Å². The third kappa shape index (κ3) is 3.64. The van der Waals surface area contributed by atoms with E-state index in [4.69, 9.17) is 4.74 Å². The second-order valence-electron chi connectivity index (χ2n) is 5.48. The molecule has 0 saturated heterocycles. The average molecular weight is 372 g/mol. The van der Waals surface area contributed by atoms with Crippen LogP contribution in [0.5, 0.6) is 0 Å². The molecule has 0 radical (unpaired) electrons. The van der Waals surface area contributed by atoms with Crippen LogP contribution >= 0.6 is 15.9 Å². The Balaban J connectivity index is 1.76. The summed E-state index contributed by atoms with van der Waals surface area (Å²) in [5.41, 5.74) is 2.94. The van der Waals surface area contributed by atoms with Crippen molar-refractivity contribution in [3.8, 4) is 0 Å². The number of benzene rings is 2. The fraction of sp³-hybridized carbons (Fsp3) is 0.211. The molecule has 4 heteroatoms. The van der Waals surface area contributed by atoms with Gasteiger partial charge in [-0.25, -0.2) is 4.79 Å². The molecule has 1 heterocycles. The zero-order chi connectivity index (χ0) is 16.2. The number of carbonyl (C=O) groups is 1. The SMILES string of the molecule is CCCOC(=O)c1ccc(Cn2ccc3cc(Br)ccc32)cc1. The normalized spacial score (nSPS) is 10.9. The minimum absolute atomic E-state index is 0.255. The Hall–Kier alpha value is -2.07. The Labute approximate surface area is 144 Å². The van der Waals surface area contributed by atoms with Gasteiger partial charge < -0.3 is 9.30 Å². The molecule has 3 nitrogen and oxygen atoms in total. The topological polar surface area (TPSA) is 31.2 Å². The number of carbonyl (C=O) groups excluding carboxylic acids is 1. The monoisotopic (exact) mass is 371 g/mol. The average Bonchev–Trinajstić information content (AvgIpc) is 2.95. The highest BCUT2D eigenvalue weighted by Gasteiger charge is 2.07. The van der Waals surface area contributed by atoms with Crippen LogP contribution in [0.25, 0.3) is 10.9 Å². The van der Waals surface area contributed by atoms with E-state index >= 15 is 0 Å². The summed E-state index contributed by atoms with van der Waals surface area (Å²) in [5, 5.41) is 1.21. The Morgan fingerprint density at radius 2 is 1.91 bits per heavy atom. The second-order valence-corrected chi connectivity index (χ2v) is 6.40. The second kappa shape index (κ2) is 7.01. The summed E-state index contributed by atoms with van der Waals surface area (Å²) in [5.74, 6) is -0.255. The molecule has 2 aromatic carbocycles. The maximum Gasteiger partial charge on any atom is 0.338 e. The molecule has 3 aromatic rings. The number of hydrogen-bond donors (Lipinski definition) is 0. The van der Waals surface area contributed by atoms with Crippen LogP contribution in [0, 0.1) is 0 Å². The van der Waals surface area contributed by atoms with Crippen LogP contribution in [-0.2, 0) is 11.3 Å². The van der Waals surface area contributed by atoms with Crippen LogP contribution in [0.4, 0.5) is 0 Å². The predicted molar refractivity (Wildman–Crippen MR) is 95.8 cm³/mol. The lowest BCUT2D eigenvalue weighted by Crippen LogP contribution is -2.06. The lowest BCUT2D eigenvalue weighted by atomic mass is 10.1. The number of ether oxygens (including phenoxy) is 1. The standard InChI is InChI=1S/C19H18BrNO2/c1-2-11-23-19(22)15-5-3-14(4-6-15)13-21-10-9-16-12-17(20)7-8-18(16)21/h3-10,12H,2,11,13H2,1H3. The first-order chi connectivity index (χ1) is 11.2. The molecule has 1 aromatic heterocycles. The summed E-state index contributed by atoms with van der Waals surface area (Å²) >= 11 is 3.49. The number of aromatic nitrogens is 1. The first kappa shape index (κ1) is 15.8. The first-order valence-corrected chi connectivity index (χ1v) is 8.47. The van der Waals surface area contributed by atoms with Crippen molar-refractivity contribution < 1.29 is 9.53 Å². The van der Waals surface area contributed by atoms with E-state index in [0.29, 0.717) is 12.2 Å². The molecule has 0 aliphatic heterocycles. The highest BCUT2D eigenvalue weighted by Crippen LogP contribution is 2.22. The molecule has 0 atom stereocenters. The molecule has 0 saturated carbocycles. The van der Waals surface area contributed by atoms with E-state index in [1.807, 2.05) is 37.3 Å². The quantitative estimate of drug-likeness (QED) is 0.589. The van der Waals surface area contributed by atoms with Crippen LogP contribution in [0.2, 0.25) is 0 Å². The molecule has 118 valence electrons. The molecule has 0 N–H and O–H groups in total. The van der Waals surface area contributed by atoms with Gasteiger partial charge in [0.15, 0.2) is 0 Å². The van der Waals surface area contributed by atoms with Crippen molar-refractivity contribution in [1.82, 2.24) is 4.57 Å². The maximum absolute atomic E-state index is 11.8. The third-order valence-electron chi connectivity index (χ3n) is 3.71. The molecule has 0 bridgehead atoms. The Morgan fingerprint density at radius 1 is 1.13 bits per heavy atom. The zero-order valence-electron chi connectivity index (χ0n) is 13.0. The van der Waals surface area contributed by atoms with Gasteiger partial charge in [0, 0.05) is 28.1 Å². The highest BCUT2D eigenvalue weighted by atomic mass is 79.9. The highest BCUT2D eigenvalue weighted by molar-refractivity contribution is 9.10. The van der Waals surface area contributed by atoms with Crippen molar-refractivity contribution in [2.75, 3.05) is 6.61 Å². The van der Waals surface area contributed by atoms with Crippen molar-refractivity contribution in [2.45, 2.75) is 19.9 Å². The third-order valence-corrected chi connectivity index (χ3v) is 4.21. The van der Waals surface area contributed by atoms with Gasteiger partial charge in [-0.1, -0.05) is 35.0 Å². The number of hydrogen-bond acceptors (Lipinski definition) is 2. The Morgan fingerprint density at radius 3 is 2.65 bits per heavy atom. The van der Waals surface area contributed by atoms with Crippen LogP contribution in [0.15, 0.2) is 59.2 Å². The van der Waals surface area contributed by atoms with Crippen molar-refractivity contribution in [3.63, 3.8) is 0 Å². The predicted octanol–water partition coefficient (Wildman–Crippen LogP) is 5.02. The molecule has 0 fully saturated rings. The van der Waals surface area contributed by atoms with Crippen LogP contribution < -0.4 is 0 Å². The minimum atomic E-state index is -0.255. The molecule has 0 amide bonds. The molecule has 0 aliphatic carbocycles. The van der Waals surface area contributed by atoms with Gasteiger partial charge in [0.25, 0.3) is 0 Å². The fourth-order valence-electron chi connectivity index (χ4n) is 2.53. The van der Waals surface area contributed by atoms with Crippen LogP contribution in [0.1, 0.15) is 29.3 Å². The summed E-state index contributed by atoms with van der Waals surface area (Å²) in [6, 6.07) is 16.0. The molecular formula is C19H18BrNO2. The number of nitrogens with zero attached hydrogens (tertiary/aromatic N) is 1. The van der Waals surface area contributed by atoms with Gasteiger partial charge in [0.2, 0.25) is 0 Å². The lowest BCUT2D eigenvalue weighted by molar-refractivity contribution is 0.0505. The smallest absolute Gasteiger partial charge is 0.338 e. The first-order valence-electron chi connectivity index (χ1n) is 7.68. The number of esters is 1. The van der Waals surface area contributed by atoms with E-state index in [1.165, 1.54) is 10.9 Å².